The van der Waals surface area contributed by atoms with E-state index < -0.39 is 0 Å². The SMILES string of the molecule is CCC1(CC)CN(Cc2cc(C)c(F)c(C)c2)C(C)CN1. The van der Waals surface area contributed by atoms with Crippen molar-refractivity contribution >= 4 is 0 Å². The van der Waals surface area contributed by atoms with Crippen molar-refractivity contribution in [3.8, 4) is 0 Å². The van der Waals surface area contributed by atoms with E-state index in [2.05, 4.69) is 31.0 Å². The number of benzene rings is 1. The molecule has 118 valence electrons. The topological polar surface area (TPSA) is 15.3 Å². The monoisotopic (exact) mass is 292 g/mol. The average molecular weight is 292 g/mol. The fourth-order valence-electron chi connectivity index (χ4n) is 3.39. The highest BCUT2D eigenvalue weighted by Gasteiger charge is 2.34. The van der Waals surface area contributed by atoms with E-state index in [-0.39, 0.29) is 11.4 Å². The van der Waals surface area contributed by atoms with Gasteiger partial charge >= 0.3 is 0 Å². The predicted octanol–water partition coefficient (Wildman–Crippen LogP) is 3.80. The van der Waals surface area contributed by atoms with Gasteiger partial charge < -0.3 is 5.32 Å². The Balaban J connectivity index is 2.17. The Morgan fingerprint density at radius 2 is 1.81 bits per heavy atom. The van der Waals surface area contributed by atoms with Gasteiger partial charge in [0.2, 0.25) is 0 Å². The summed E-state index contributed by atoms with van der Waals surface area (Å²) in [6.45, 7) is 13.5. The van der Waals surface area contributed by atoms with Crippen LogP contribution in [0.4, 0.5) is 4.39 Å². The Morgan fingerprint density at radius 3 is 2.33 bits per heavy atom. The molecule has 2 nitrogen and oxygen atoms in total. The Bertz CT molecular complexity index is 471. The zero-order valence-electron chi connectivity index (χ0n) is 14.1. The van der Waals surface area contributed by atoms with Crippen LogP contribution in [-0.2, 0) is 6.54 Å². The smallest absolute Gasteiger partial charge is 0.129 e. The molecule has 1 aliphatic rings. The van der Waals surface area contributed by atoms with Gasteiger partial charge in [-0.25, -0.2) is 4.39 Å². The second kappa shape index (κ2) is 6.45. The van der Waals surface area contributed by atoms with Crippen LogP contribution in [0.2, 0.25) is 0 Å². The van der Waals surface area contributed by atoms with E-state index in [1.807, 2.05) is 26.0 Å². The highest BCUT2D eigenvalue weighted by molar-refractivity contribution is 5.30. The van der Waals surface area contributed by atoms with E-state index >= 15 is 0 Å². The van der Waals surface area contributed by atoms with E-state index in [0.717, 1.165) is 43.6 Å². The van der Waals surface area contributed by atoms with Gasteiger partial charge in [-0.15, -0.1) is 0 Å². The third-order valence-corrected chi connectivity index (χ3v) is 5.14. The highest BCUT2D eigenvalue weighted by atomic mass is 19.1. The van der Waals surface area contributed by atoms with Crippen molar-refractivity contribution in [2.75, 3.05) is 13.1 Å². The maximum atomic E-state index is 13.8. The van der Waals surface area contributed by atoms with Gasteiger partial charge in [0.1, 0.15) is 5.82 Å². The summed E-state index contributed by atoms with van der Waals surface area (Å²) in [6.07, 6.45) is 2.29. The fourth-order valence-corrected chi connectivity index (χ4v) is 3.39. The Kier molecular flexibility index (Phi) is 5.05. The quantitative estimate of drug-likeness (QED) is 0.908. The third-order valence-electron chi connectivity index (χ3n) is 5.14. The van der Waals surface area contributed by atoms with Crippen molar-refractivity contribution in [1.82, 2.24) is 10.2 Å². The van der Waals surface area contributed by atoms with Gasteiger partial charge in [-0.3, -0.25) is 4.90 Å². The summed E-state index contributed by atoms with van der Waals surface area (Å²) in [7, 11) is 0. The van der Waals surface area contributed by atoms with Crippen LogP contribution in [0.15, 0.2) is 12.1 Å². The van der Waals surface area contributed by atoms with Gasteiger partial charge in [0.05, 0.1) is 0 Å². The normalized spacial score (nSPS) is 22.5. The molecule has 1 unspecified atom stereocenters. The molecule has 0 aliphatic carbocycles. The average Bonchev–Trinajstić information content (AvgIpc) is 2.47. The van der Waals surface area contributed by atoms with Crippen LogP contribution in [0.25, 0.3) is 0 Å². The molecule has 1 heterocycles. The maximum absolute atomic E-state index is 13.8. The first-order valence-corrected chi connectivity index (χ1v) is 8.15. The van der Waals surface area contributed by atoms with Gasteiger partial charge in [0, 0.05) is 31.2 Å². The predicted molar refractivity (Wildman–Crippen MR) is 87.1 cm³/mol. The van der Waals surface area contributed by atoms with Gasteiger partial charge in [0.25, 0.3) is 0 Å². The minimum Gasteiger partial charge on any atom is -0.308 e. The lowest BCUT2D eigenvalue weighted by atomic mass is 9.88. The molecule has 2 rings (SSSR count). The van der Waals surface area contributed by atoms with Gasteiger partial charge in [0.15, 0.2) is 0 Å². The molecule has 1 aromatic carbocycles. The van der Waals surface area contributed by atoms with Crippen molar-refractivity contribution < 1.29 is 4.39 Å². The van der Waals surface area contributed by atoms with E-state index in [9.17, 15) is 4.39 Å². The number of hydrogen-bond donors (Lipinski definition) is 1. The van der Waals surface area contributed by atoms with Crippen LogP contribution in [0, 0.1) is 19.7 Å². The van der Waals surface area contributed by atoms with Gasteiger partial charge in [-0.2, -0.15) is 0 Å². The molecule has 1 N–H and O–H groups in total. The number of nitrogens with one attached hydrogen (secondary N) is 1. The zero-order valence-corrected chi connectivity index (χ0v) is 14.1. The molecule has 1 atom stereocenters. The minimum atomic E-state index is -0.0661. The Hall–Kier alpha value is -0.930. The van der Waals surface area contributed by atoms with E-state index in [1.165, 1.54) is 5.56 Å². The molecule has 1 aliphatic heterocycles. The highest BCUT2D eigenvalue weighted by Crippen LogP contribution is 2.25. The number of halogens is 1. The zero-order chi connectivity index (χ0) is 15.6. The van der Waals surface area contributed by atoms with Crippen molar-refractivity contribution in [3.63, 3.8) is 0 Å². The molecule has 1 aromatic rings. The lowest BCUT2D eigenvalue weighted by Crippen LogP contribution is -2.62. The molecule has 3 heteroatoms. The number of aryl methyl sites for hydroxylation is 2. The lowest BCUT2D eigenvalue weighted by Gasteiger charge is -2.46. The summed E-state index contributed by atoms with van der Waals surface area (Å²) in [5.74, 6) is -0.0661. The number of rotatable bonds is 4. The van der Waals surface area contributed by atoms with E-state index in [1.54, 1.807) is 0 Å². The van der Waals surface area contributed by atoms with Crippen LogP contribution in [0.1, 0.15) is 50.3 Å². The number of hydrogen-bond acceptors (Lipinski definition) is 2. The lowest BCUT2D eigenvalue weighted by molar-refractivity contribution is 0.0745. The summed E-state index contributed by atoms with van der Waals surface area (Å²) in [5.41, 5.74) is 2.97. The second-order valence-corrected chi connectivity index (χ2v) is 6.67. The summed E-state index contributed by atoms with van der Waals surface area (Å²) in [6, 6.07) is 4.51. The molecular formula is C18H29FN2. The molecule has 1 fully saturated rings. The number of piperazine rings is 1. The first-order chi connectivity index (χ1) is 9.90. The molecule has 0 aromatic heterocycles. The molecule has 21 heavy (non-hydrogen) atoms. The van der Waals surface area contributed by atoms with Gasteiger partial charge in [-0.05, 0) is 50.3 Å². The first-order valence-electron chi connectivity index (χ1n) is 8.15. The molecule has 0 amide bonds. The van der Waals surface area contributed by atoms with Crippen molar-refractivity contribution in [2.24, 2.45) is 0 Å². The van der Waals surface area contributed by atoms with Gasteiger partial charge in [-0.1, -0.05) is 26.0 Å². The Morgan fingerprint density at radius 1 is 1.24 bits per heavy atom. The van der Waals surface area contributed by atoms with E-state index in [0.29, 0.717) is 6.04 Å². The number of nitrogens with zero attached hydrogens (tertiary/aromatic N) is 1. The van der Waals surface area contributed by atoms with Crippen LogP contribution in [-0.4, -0.2) is 29.6 Å². The van der Waals surface area contributed by atoms with Crippen molar-refractivity contribution in [2.45, 2.75) is 65.6 Å². The fraction of sp³-hybridized carbons (Fsp3) is 0.667. The van der Waals surface area contributed by atoms with Crippen LogP contribution in [0.3, 0.4) is 0 Å². The summed E-state index contributed by atoms with van der Waals surface area (Å²) < 4.78 is 13.8. The molecule has 0 bridgehead atoms. The standard InChI is InChI=1S/C18H29FN2/c1-6-18(7-2)12-21(15(5)10-20-18)11-16-8-13(3)17(19)14(4)9-16/h8-9,15,20H,6-7,10-12H2,1-5H3. The van der Waals surface area contributed by atoms with Crippen LogP contribution >= 0.6 is 0 Å². The van der Waals surface area contributed by atoms with E-state index in [4.69, 9.17) is 0 Å². The second-order valence-electron chi connectivity index (χ2n) is 6.67. The molecule has 1 saturated heterocycles. The Labute approximate surface area is 128 Å². The van der Waals surface area contributed by atoms with Crippen LogP contribution < -0.4 is 5.32 Å². The molecular weight excluding hydrogens is 263 g/mol. The van der Waals surface area contributed by atoms with Crippen LogP contribution in [0.5, 0.6) is 0 Å². The molecule has 0 saturated carbocycles. The minimum absolute atomic E-state index is 0.0661. The summed E-state index contributed by atoms with van der Waals surface area (Å²) in [4.78, 5) is 2.54. The summed E-state index contributed by atoms with van der Waals surface area (Å²) in [5, 5.41) is 3.73. The third kappa shape index (κ3) is 3.46. The largest absolute Gasteiger partial charge is 0.308 e. The molecule has 0 spiro atoms. The summed E-state index contributed by atoms with van der Waals surface area (Å²) >= 11 is 0. The maximum Gasteiger partial charge on any atom is 0.129 e. The molecule has 0 radical (unpaired) electrons. The first kappa shape index (κ1) is 16.4. The van der Waals surface area contributed by atoms with Crippen molar-refractivity contribution in [3.05, 3.63) is 34.6 Å². The van der Waals surface area contributed by atoms with Crippen molar-refractivity contribution in [1.29, 1.82) is 0 Å².